The van der Waals surface area contributed by atoms with Crippen molar-refractivity contribution in [3.8, 4) is 0 Å². The van der Waals surface area contributed by atoms with E-state index in [0.29, 0.717) is 6.04 Å². The molecule has 4 nitrogen and oxygen atoms in total. The monoisotopic (exact) mass is 322 g/mol. The Morgan fingerprint density at radius 3 is 2.38 bits per heavy atom. The van der Waals surface area contributed by atoms with Gasteiger partial charge in [0.1, 0.15) is 5.82 Å². The summed E-state index contributed by atoms with van der Waals surface area (Å²) in [4.78, 5) is 14.2. The average molecular weight is 322 g/mol. The summed E-state index contributed by atoms with van der Waals surface area (Å²) < 4.78 is 0. The van der Waals surface area contributed by atoms with Gasteiger partial charge in [0.25, 0.3) is 0 Å². The number of nitrogens with zero attached hydrogens (tertiary/aromatic N) is 4. The third-order valence-electron chi connectivity index (χ3n) is 5.42. The van der Waals surface area contributed by atoms with Crippen molar-refractivity contribution < 1.29 is 0 Å². The van der Waals surface area contributed by atoms with E-state index in [0.717, 1.165) is 37.6 Å². The number of benzene rings is 1. The van der Waals surface area contributed by atoms with Crippen molar-refractivity contribution in [2.24, 2.45) is 0 Å². The lowest BCUT2D eigenvalue weighted by atomic mass is 10.1. The molecule has 0 bridgehead atoms. The zero-order valence-electron chi connectivity index (χ0n) is 14.5. The van der Waals surface area contributed by atoms with Crippen LogP contribution >= 0.6 is 0 Å². The first-order chi connectivity index (χ1) is 11.8. The predicted octanol–water partition coefficient (Wildman–Crippen LogP) is 2.32. The minimum atomic E-state index is 0.704. The molecular formula is C20H26N4. The molecule has 4 rings (SSSR count). The molecular weight excluding hydrogens is 296 g/mol. The highest BCUT2D eigenvalue weighted by Gasteiger charge is 2.29. The molecule has 1 aliphatic heterocycles. The normalized spacial score (nSPS) is 19.5. The molecule has 1 saturated heterocycles. The standard InChI is InChI=1S/C20H26N4/c1-2-20-21-8-7-18(22-20)15-23-9-11-24(12-10-23)19-13-16-5-3-4-6-17(16)14-19/h3-8,19H,2,9-15H2,1H3. The van der Waals surface area contributed by atoms with E-state index < -0.39 is 0 Å². The molecule has 24 heavy (non-hydrogen) atoms. The quantitative estimate of drug-likeness (QED) is 0.865. The van der Waals surface area contributed by atoms with E-state index in [4.69, 9.17) is 0 Å². The van der Waals surface area contributed by atoms with Crippen LogP contribution in [0.1, 0.15) is 29.6 Å². The van der Waals surface area contributed by atoms with Gasteiger partial charge in [-0.25, -0.2) is 9.97 Å². The molecule has 0 radical (unpaired) electrons. The van der Waals surface area contributed by atoms with Crippen molar-refractivity contribution in [1.82, 2.24) is 19.8 Å². The van der Waals surface area contributed by atoms with Gasteiger partial charge < -0.3 is 0 Å². The smallest absolute Gasteiger partial charge is 0.128 e. The number of aromatic nitrogens is 2. The summed E-state index contributed by atoms with van der Waals surface area (Å²) >= 11 is 0. The molecule has 2 aromatic rings. The van der Waals surface area contributed by atoms with E-state index in [-0.39, 0.29) is 0 Å². The van der Waals surface area contributed by atoms with Crippen LogP contribution in [0, 0.1) is 0 Å². The summed E-state index contributed by atoms with van der Waals surface area (Å²) in [5.74, 6) is 0.954. The fraction of sp³-hybridized carbons (Fsp3) is 0.500. The molecule has 1 aromatic carbocycles. The summed E-state index contributed by atoms with van der Waals surface area (Å²) in [5.41, 5.74) is 4.26. The first-order valence-electron chi connectivity index (χ1n) is 9.16. The van der Waals surface area contributed by atoms with Crippen LogP contribution < -0.4 is 0 Å². The van der Waals surface area contributed by atoms with Gasteiger partial charge in [-0.2, -0.15) is 0 Å². The van der Waals surface area contributed by atoms with Crippen molar-refractivity contribution >= 4 is 0 Å². The largest absolute Gasteiger partial charge is 0.297 e. The Bertz CT molecular complexity index is 667. The minimum absolute atomic E-state index is 0.704. The van der Waals surface area contributed by atoms with E-state index in [9.17, 15) is 0 Å². The molecule has 4 heteroatoms. The molecule has 0 amide bonds. The van der Waals surface area contributed by atoms with Gasteiger partial charge in [0.2, 0.25) is 0 Å². The number of hydrogen-bond donors (Lipinski definition) is 0. The van der Waals surface area contributed by atoms with E-state index >= 15 is 0 Å². The highest BCUT2D eigenvalue weighted by Crippen LogP contribution is 2.26. The number of hydrogen-bond acceptors (Lipinski definition) is 4. The van der Waals surface area contributed by atoms with Gasteiger partial charge >= 0.3 is 0 Å². The Morgan fingerprint density at radius 2 is 1.71 bits per heavy atom. The highest BCUT2D eigenvalue weighted by atomic mass is 15.3. The van der Waals surface area contributed by atoms with Gasteiger partial charge in [-0.05, 0) is 30.0 Å². The van der Waals surface area contributed by atoms with Gasteiger partial charge in [0.05, 0.1) is 5.69 Å². The first-order valence-corrected chi connectivity index (χ1v) is 9.16. The highest BCUT2D eigenvalue weighted by molar-refractivity contribution is 5.33. The predicted molar refractivity (Wildman–Crippen MR) is 95.9 cm³/mol. The topological polar surface area (TPSA) is 32.3 Å². The second-order valence-electron chi connectivity index (χ2n) is 6.96. The summed E-state index contributed by atoms with van der Waals surface area (Å²) in [6.45, 7) is 7.68. The fourth-order valence-corrected chi connectivity index (χ4v) is 4.01. The van der Waals surface area contributed by atoms with Crippen LogP contribution in [-0.4, -0.2) is 52.0 Å². The Kier molecular flexibility index (Phi) is 4.58. The SMILES string of the molecule is CCc1nccc(CN2CCN(C3Cc4ccccc4C3)CC2)n1. The zero-order chi connectivity index (χ0) is 16.4. The molecule has 1 fully saturated rings. The lowest BCUT2D eigenvalue weighted by Crippen LogP contribution is -2.50. The van der Waals surface area contributed by atoms with Crippen LogP contribution in [-0.2, 0) is 25.8 Å². The molecule has 2 aliphatic rings. The van der Waals surface area contributed by atoms with E-state index in [1.54, 1.807) is 11.1 Å². The third kappa shape index (κ3) is 3.35. The van der Waals surface area contributed by atoms with Gasteiger partial charge in [0, 0.05) is 51.4 Å². The van der Waals surface area contributed by atoms with Crippen molar-refractivity contribution in [2.45, 2.75) is 38.8 Å². The fourth-order valence-electron chi connectivity index (χ4n) is 4.01. The maximum atomic E-state index is 4.64. The number of aryl methyl sites for hydroxylation is 1. The lowest BCUT2D eigenvalue weighted by Gasteiger charge is -2.38. The Morgan fingerprint density at radius 1 is 1.00 bits per heavy atom. The molecule has 0 atom stereocenters. The van der Waals surface area contributed by atoms with Gasteiger partial charge in [0.15, 0.2) is 0 Å². The zero-order valence-corrected chi connectivity index (χ0v) is 14.5. The van der Waals surface area contributed by atoms with E-state index in [1.807, 2.05) is 6.20 Å². The maximum Gasteiger partial charge on any atom is 0.128 e. The summed E-state index contributed by atoms with van der Waals surface area (Å²) in [7, 11) is 0. The van der Waals surface area contributed by atoms with Crippen molar-refractivity contribution in [3.63, 3.8) is 0 Å². The summed E-state index contributed by atoms with van der Waals surface area (Å²) in [6.07, 6.45) is 5.25. The minimum Gasteiger partial charge on any atom is -0.297 e. The second-order valence-corrected chi connectivity index (χ2v) is 6.96. The molecule has 0 unspecified atom stereocenters. The van der Waals surface area contributed by atoms with Gasteiger partial charge in [-0.3, -0.25) is 9.80 Å². The third-order valence-corrected chi connectivity index (χ3v) is 5.42. The molecule has 2 heterocycles. The molecule has 0 spiro atoms. The Hall–Kier alpha value is -1.78. The molecule has 0 N–H and O–H groups in total. The van der Waals surface area contributed by atoms with E-state index in [1.165, 1.54) is 25.9 Å². The van der Waals surface area contributed by atoms with Crippen molar-refractivity contribution in [3.05, 3.63) is 59.2 Å². The van der Waals surface area contributed by atoms with Crippen molar-refractivity contribution in [2.75, 3.05) is 26.2 Å². The number of fused-ring (bicyclic) bond motifs is 1. The summed E-state index contributed by atoms with van der Waals surface area (Å²) in [6, 6.07) is 11.7. The molecule has 0 saturated carbocycles. The Balaban J connectivity index is 1.31. The van der Waals surface area contributed by atoms with Crippen LogP contribution in [0.3, 0.4) is 0 Å². The van der Waals surface area contributed by atoms with Crippen LogP contribution in [0.15, 0.2) is 36.5 Å². The maximum absolute atomic E-state index is 4.64. The summed E-state index contributed by atoms with van der Waals surface area (Å²) in [5, 5.41) is 0. The molecule has 1 aromatic heterocycles. The molecule has 1 aliphatic carbocycles. The van der Waals surface area contributed by atoms with Gasteiger partial charge in [-0.1, -0.05) is 31.2 Å². The van der Waals surface area contributed by atoms with Crippen LogP contribution in [0.4, 0.5) is 0 Å². The van der Waals surface area contributed by atoms with Crippen LogP contribution in [0.2, 0.25) is 0 Å². The number of rotatable bonds is 4. The average Bonchev–Trinajstić information content (AvgIpc) is 3.06. The second kappa shape index (κ2) is 6.99. The van der Waals surface area contributed by atoms with Crippen molar-refractivity contribution in [1.29, 1.82) is 0 Å². The van der Waals surface area contributed by atoms with Crippen LogP contribution in [0.5, 0.6) is 0 Å². The number of piperazine rings is 1. The first kappa shape index (κ1) is 15.7. The Labute approximate surface area is 144 Å². The van der Waals surface area contributed by atoms with Crippen LogP contribution in [0.25, 0.3) is 0 Å². The molecule has 126 valence electrons. The van der Waals surface area contributed by atoms with E-state index in [2.05, 4.69) is 57.0 Å². The lowest BCUT2D eigenvalue weighted by molar-refractivity contribution is 0.0941. The van der Waals surface area contributed by atoms with Gasteiger partial charge in [-0.15, -0.1) is 0 Å².